The first-order chi connectivity index (χ1) is 10.1. The molecule has 0 atom stereocenters. The van der Waals surface area contributed by atoms with Gasteiger partial charge in [-0.05, 0) is 6.42 Å². The Labute approximate surface area is 190 Å². The minimum Gasteiger partial charge on any atom is -0.748 e. The molecule has 0 saturated carbocycles. The predicted molar refractivity (Wildman–Crippen MR) is 81.5 cm³/mol. The van der Waals surface area contributed by atoms with Gasteiger partial charge in [-0.1, -0.05) is 51.9 Å². The average molecular weight is 404 g/mol. The summed E-state index contributed by atoms with van der Waals surface area (Å²) in [5, 5.41) is 0. The molecular weight excluding hydrogens is 378 g/mol. The van der Waals surface area contributed by atoms with Gasteiger partial charge in [0.25, 0.3) is 0 Å². The smallest absolute Gasteiger partial charge is 0.748 e. The Kier molecular flexibility index (Phi) is 21.5. The van der Waals surface area contributed by atoms with Crippen LogP contribution in [0.1, 0.15) is 58.3 Å². The minimum absolute atomic E-state index is 0. The fourth-order valence-corrected chi connectivity index (χ4v) is 3.57. The molecule has 134 valence electrons. The molecule has 11 heteroatoms. The summed E-state index contributed by atoms with van der Waals surface area (Å²) in [5.41, 5.74) is 0. The molecule has 0 bridgehead atoms. The molecular formula is C13H26Na2O7S2. The second-order valence-electron chi connectivity index (χ2n) is 5.42. The van der Waals surface area contributed by atoms with Crippen molar-refractivity contribution in [2.45, 2.75) is 64.4 Å². The first-order valence-electron chi connectivity index (χ1n) is 7.63. The molecule has 7 nitrogen and oxygen atoms in total. The topological polar surface area (TPSA) is 124 Å². The molecule has 0 aliphatic rings. The second kappa shape index (κ2) is 16.9. The zero-order valence-electron chi connectivity index (χ0n) is 15.0. The molecule has 0 aromatic heterocycles. The van der Waals surface area contributed by atoms with E-state index in [4.69, 9.17) is 4.74 Å². The van der Waals surface area contributed by atoms with Gasteiger partial charge in [0.1, 0.15) is 0 Å². The van der Waals surface area contributed by atoms with Crippen LogP contribution in [0.3, 0.4) is 0 Å². The molecule has 0 unspecified atom stereocenters. The molecule has 0 radical (unpaired) electrons. The van der Waals surface area contributed by atoms with Gasteiger partial charge in [0.05, 0.1) is 37.8 Å². The third-order valence-electron chi connectivity index (χ3n) is 3.13. The van der Waals surface area contributed by atoms with Crippen LogP contribution < -0.4 is 59.1 Å². The summed E-state index contributed by atoms with van der Waals surface area (Å²) < 4.78 is 69.0. The normalized spacial score (nSPS) is 11.8. The van der Waals surface area contributed by atoms with Gasteiger partial charge in [-0.2, -0.15) is 0 Å². The van der Waals surface area contributed by atoms with E-state index >= 15 is 0 Å². The number of hydrogen-bond acceptors (Lipinski definition) is 7. The van der Waals surface area contributed by atoms with E-state index < -0.39 is 37.8 Å². The second-order valence-corrected chi connectivity index (χ2v) is 8.31. The number of ether oxygens (including phenoxy) is 1. The van der Waals surface area contributed by atoms with Gasteiger partial charge in [-0.3, -0.25) is 0 Å². The molecule has 0 aliphatic heterocycles. The molecule has 0 N–H and O–H groups in total. The molecule has 0 heterocycles. The maximum atomic E-state index is 10.7. The summed E-state index contributed by atoms with van der Waals surface area (Å²) in [5.74, 6) is -1.99. The summed E-state index contributed by atoms with van der Waals surface area (Å²) in [7, 11) is -9.27. The van der Waals surface area contributed by atoms with E-state index in [0.717, 1.165) is 19.3 Å². The Morgan fingerprint density at radius 2 is 1.12 bits per heavy atom. The number of hydrogen-bond donors (Lipinski definition) is 0. The molecule has 0 amide bonds. The first-order valence-corrected chi connectivity index (χ1v) is 10.8. The van der Waals surface area contributed by atoms with E-state index in [1.165, 1.54) is 25.7 Å². The average Bonchev–Trinajstić information content (AvgIpc) is 2.32. The first kappa shape index (κ1) is 30.5. The van der Waals surface area contributed by atoms with Crippen molar-refractivity contribution in [3.8, 4) is 0 Å². The molecule has 24 heavy (non-hydrogen) atoms. The SMILES string of the molecule is CCCCCCCCCCOC(CS(=O)(=O)[O-])CS(=O)(=O)[O-].[Na+].[Na+]. The predicted octanol–water partition coefficient (Wildman–Crippen LogP) is -4.39. The molecule has 0 saturated heterocycles. The maximum Gasteiger partial charge on any atom is 1.00 e. The van der Waals surface area contributed by atoms with Crippen LogP contribution in [0, 0.1) is 0 Å². The van der Waals surface area contributed by atoms with Crippen molar-refractivity contribution in [3.63, 3.8) is 0 Å². The van der Waals surface area contributed by atoms with Crippen molar-refractivity contribution in [2.24, 2.45) is 0 Å². The third kappa shape index (κ3) is 23.8. The summed E-state index contributed by atoms with van der Waals surface area (Å²) >= 11 is 0. The van der Waals surface area contributed by atoms with Crippen molar-refractivity contribution in [1.29, 1.82) is 0 Å². The van der Waals surface area contributed by atoms with Crippen LogP contribution in [0.15, 0.2) is 0 Å². The zero-order chi connectivity index (χ0) is 17.1. The van der Waals surface area contributed by atoms with Crippen LogP contribution in [-0.4, -0.2) is 50.2 Å². The van der Waals surface area contributed by atoms with Gasteiger partial charge < -0.3 is 13.8 Å². The van der Waals surface area contributed by atoms with E-state index in [1.54, 1.807) is 0 Å². The Morgan fingerprint density at radius 3 is 1.50 bits per heavy atom. The fraction of sp³-hybridized carbons (Fsp3) is 1.00. The Morgan fingerprint density at radius 1 is 0.750 bits per heavy atom. The van der Waals surface area contributed by atoms with Gasteiger partial charge in [-0.15, -0.1) is 0 Å². The van der Waals surface area contributed by atoms with Crippen molar-refractivity contribution in [2.75, 3.05) is 18.1 Å². The minimum atomic E-state index is -4.63. The van der Waals surface area contributed by atoms with Crippen LogP contribution in [0.25, 0.3) is 0 Å². The van der Waals surface area contributed by atoms with Crippen molar-refractivity contribution in [3.05, 3.63) is 0 Å². The van der Waals surface area contributed by atoms with Gasteiger partial charge in [-0.25, -0.2) is 16.8 Å². The summed E-state index contributed by atoms with van der Waals surface area (Å²) in [6, 6.07) is 0. The third-order valence-corrected chi connectivity index (χ3v) is 4.69. The van der Waals surface area contributed by atoms with Crippen LogP contribution in [0.2, 0.25) is 0 Å². The quantitative estimate of drug-likeness (QED) is 0.163. The van der Waals surface area contributed by atoms with Crippen LogP contribution in [-0.2, 0) is 25.0 Å². The van der Waals surface area contributed by atoms with Crippen molar-refractivity contribution < 1.29 is 89.8 Å². The molecule has 0 fully saturated rings. The summed E-state index contributed by atoms with van der Waals surface area (Å²) in [4.78, 5) is 0. The van der Waals surface area contributed by atoms with Gasteiger partial charge in [0.15, 0.2) is 0 Å². The van der Waals surface area contributed by atoms with Gasteiger partial charge in [0.2, 0.25) is 0 Å². The van der Waals surface area contributed by atoms with Gasteiger partial charge >= 0.3 is 59.1 Å². The summed E-state index contributed by atoms with van der Waals surface area (Å²) in [6.07, 6.45) is 7.12. The van der Waals surface area contributed by atoms with Crippen LogP contribution >= 0.6 is 0 Å². The Bertz CT molecular complexity index is 447. The molecule has 0 aliphatic carbocycles. The fourth-order valence-electron chi connectivity index (χ4n) is 2.09. The van der Waals surface area contributed by atoms with Crippen LogP contribution in [0.5, 0.6) is 0 Å². The standard InChI is InChI=1S/C13H28O7S2.2Na/c1-2-3-4-5-6-7-8-9-10-20-13(11-21(14,15)16)12-22(17,18)19;;/h13H,2-12H2,1H3,(H,14,15,16)(H,17,18,19);;/q;2*+1/p-2. The zero-order valence-corrected chi connectivity index (χ0v) is 20.7. The van der Waals surface area contributed by atoms with Crippen molar-refractivity contribution in [1.82, 2.24) is 0 Å². The Balaban J connectivity index is -0.00000220. The van der Waals surface area contributed by atoms with E-state index in [2.05, 4.69) is 6.92 Å². The van der Waals surface area contributed by atoms with Crippen molar-refractivity contribution >= 4 is 20.2 Å². The maximum absolute atomic E-state index is 10.7. The summed E-state index contributed by atoms with van der Waals surface area (Å²) in [6.45, 7) is 2.29. The molecule has 0 aromatic rings. The van der Waals surface area contributed by atoms with E-state index in [9.17, 15) is 25.9 Å². The van der Waals surface area contributed by atoms with E-state index in [0.29, 0.717) is 6.42 Å². The molecule has 0 aromatic carbocycles. The van der Waals surface area contributed by atoms with E-state index in [1.807, 2.05) is 0 Å². The van der Waals surface area contributed by atoms with Crippen LogP contribution in [0.4, 0.5) is 0 Å². The number of unbranched alkanes of at least 4 members (excludes halogenated alkanes) is 7. The largest absolute Gasteiger partial charge is 1.00 e. The molecule has 0 rings (SSSR count). The molecule has 0 spiro atoms. The van der Waals surface area contributed by atoms with Gasteiger partial charge in [0, 0.05) is 6.61 Å². The Hall–Kier alpha value is 1.78. The van der Waals surface area contributed by atoms with E-state index in [-0.39, 0.29) is 65.7 Å². The number of rotatable bonds is 14. The monoisotopic (exact) mass is 404 g/mol.